The van der Waals surface area contributed by atoms with Crippen molar-refractivity contribution < 1.29 is 69.6 Å². The molecule has 0 aromatic rings. The molecule has 14 heteroatoms. The number of hydrogen-bond acceptors (Lipinski definition) is 14. The molecular formula is C41H68O14. The highest BCUT2D eigenvalue weighted by Crippen LogP contribution is 2.89. The van der Waals surface area contributed by atoms with E-state index in [9.17, 15) is 46.0 Å². The second-order valence-corrected chi connectivity index (χ2v) is 21.1. The Labute approximate surface area is 324 Å². The van der Waals surface area contributed by atoms with E-state index >= 15 is 0 Å². The van der Waals surface area contributed by atoms with Gasteiger partial charge in [-0.15, -0.1) is 0 Å². The van der Waals surface area contributed by atoms with Crippen LogP contribution in [0.3, 0.4) is 0 Å². The molecule has 316 valence electrons. The molecule has 0 aromatic heterocycles. The Balaban J connectivity index is 1.15. The van der Waals surface area contributed by atoms with Gasteiger partial charge < -0.3 is 69.6 Å². The topological polar surface area (TPSA) is 228 Å². The van der Waals surface area contributed by atoms with Crippen LogP contribution in [0.4, 0.5) is 0 Å². The van der Waals surface area contributed by atoms with E-state index < -0.39 is 96.8 Å². The third kappa shape index (κ3) is 5.70. The zero-order valence-electron chi connectivity index (χ0n) is 33.6. The summed E-state index contributed by atoms with van der Waals surface area (Å²) in [6.45, 7) is 13.8. The Hall–Kier alpha value is -0.560. The van der Waals surface area contributed by atoms with Crippen LogP contribution in [0.1, 0.15) is 106 Å². The van der Waals surface area contributed by atoms with E-state index in [1.807, 2.05) is 0 Å². The summed E-state index contributed by atoms with van der Waals surface area (Å²) in [6.07, 6.45) is -7.48. The average Bonchev–Trinajstić information content (AvgIpc) is 3.47. The van der Waals surface area contributed by atoms with Crippen LogP contribution in [0.2, 0.25) is 0 Å². The molecule has 3 heterocycles. The Bertz CT molecular complexity index is 1460. The first-order valence-electron chi connectivity index (χ1n) is 20.9. The van der Waals surface area contributed by atoms with Gasteiger partial charge in [-0.3, -0.25) is 0 Å². The number of rotatable bonds is 7. The van der Waals surface area contributed by atoms with Crippen LogP contribution in [-0.4, -0.2) is 150 Å². The molecule has 14 nitrogen and oxygen atoms in total. The number of hydrogen-bond donors (Lipinski definition) is 9. The van der Waals surface area contributed by atoms with Crippen LogP contribution in [-0.2, 0) is 23.7 Å². The maximum Gasteiger partial charge on any atom is 0.186 e. The van der Waals surface area contributed by atoms with E-state index in [4.69, 9.17) is 23.7 Å². The predicted molar refractivity (Wildman–Crippen MR) is 194 cm³/mol. The second-order valence-electron chi connectivity index (χ2n) is 21.1. The van der Waals surface area contributed by atoms with Crippen molar-refractivity contribution in [2.75, 3.05) is 13.2 Å². The first-order valence-corrected chi connectivity index (χ1v) is 20.9. The highest BCUT2D eigenvalue weighted by atomic mass is 16.7. The van der Waals surface area contributed by atoms with E-state index in [2.05, 4.69) is 34.6 Å². The molecule has 8 aliphatic rings. The molecule has 0 bridgehead atoms. The third-order valence-electron chi connectivity index (χ3n) is 17.6. The van der Waals surface area contributed by atoms with Crippen LogP contribution in [0.25, 0.3) is 0 Å². The fourth-order valence-electron chi connectivity index (χ4n) is 14.9. The number of aliphatic hydroxyl groups is 9. The molecule has 0 amide bonds. The molecule has 0 radical (unpaired) electrons. The van der Waals surface area contributed by atoms with Crippen LogP contribution in [0.5, 0.6) is 0 Å². The lowest BCUT2D eigenvalue weighted by Gasteiger charge is -2.65. The van der Waals surface area contributed by atoms with E-state index in [1.165, 1.54) is 0 Å². The molecule has 5 aliphatic carbocycles. The highest BCUT2D eigenvalue weighted by Gasteiger charge is 2.85. The standard InChI is InChI=1S/C41H68O14/c1-35(2)24(54-33-29(48)26(45)20(44)17-51-33)9-11-41-18-40(41)13-12-37(5)31(39(7)10-8-25(55-39)36(3,4)50)19(43)15-38(37,6)23(40)14-21(32(35)41)52-34-30(49)28(47)27(46)22(16-42)53-34/h19-34,42-50H,8-18H2,1-7H3/t19-,20+,21?,22?,23-,24?,25-,26?,27+,28-,29+,30?,31-,32-,33-,34+,37+,38-,39+,40?,41+/m0/s1. The summed E-state index contributed by atoms with van der Waals surface area (Å²) in [5, 5.41) is 97.2. The van der Waals surface area contributed by atoms with Gasteiger partial charge in [0.2, 0.25) is 0 Å². The Morgan fingerprint density at radius 2 is 1.40 bits per heavy atom. The maximum absolute atomic E-state index is 12.2. The molecule has 55 heavy (non-hydrogen) atoms. The summed E-state index contributed by atoms with van der Waals surface area (Å²) in [6, 6.07) is 0. The van der Waals surface area contributed by atoms with E-state index in [-0.39, 0.29) is 52.1 Å². The van der Waals surface area contributed by atoms with Crippen LogP contribution < -0.4 is 0 Å². The fraction of sp³-hybridized carbons (Fsp3) is 1.00. The minimum atomic E-state index is -1.60. The summed E-state index contributed by atoms with van der Waals surface area (Å²) < 4.78 is 31.9. The highest BCUT2D eigenvalue weighted by molar-refractivity contribution is 5.33. The van der Waals surface area contributed by atoms with Crippen molar-refractivity contribution in [1.29, 1.82) is 0 Å². The number of aliphatic hydroxyl groups excluding tert-OH is 8. The SMILES string of the molecule is CC(C)(O)[C@@H]1CC[C@](C)([C@H]2[C@@H](O)C[C@@]3(C)[C@@H]4CC(O[C@@H]5OC(CO)[C@@H](O)[C@H](O)C5O)[C@H]5C(C)(C)C(O[C@@H]6OC[C@@H](O)C(O)[C@H]6O)CC[C@@]56CC46CC[C@]23C)O1. The molecule has 5 saturated carbocycles. The number of fused-ring (bicyclic) bond motifs is 2. The van der Waals surface area contributed by atoms with Gasteiger partial charge in [0.15, 0.2) is 12.6 Å². The minimum Gasteiger partial charge on any atom is -0.394 e. The van der Waals surface area contributed by atoms with Gasteiger partial charge in [-0.2, -0.15) is 0 Å². The number of ether oxygens (including phenoxy) is 5. The third-order valence-corrected chi connectivity index (χ3v) is 17.6. The summed E-state index contributed by atoms with van der Waals surface area (Å²) in [7, 11) is 0. The van der Waals surface area contributed by atoms with Crippen molar-refractivity contribution in [3.05, 3.63) is 0 Å². The van der Waals surface area contributed by atoms with E-state index in [0.717, 1.165) is 32.1 Å². The largest absolute Gasteiger partial charge is 0.394 e. The maximum atomic E-state index is 12.2. The van der Waals surface area contributed by atoms with Gasteiger partial charge in [0, 0.05) is 5.92 Å². The molecule has 2 spiro atoms. The minimum absolute atomic E-state index is 0.0633. The van der Waals surface area contributed by atoms with Crippen molar-refractivity contribution in [3.63, 3.8) is 0 Å². The molecule has 8 fully saturated rings. The quantitative estimate of drug-likeness (QED) is 0.162. The molecule has 9 N–H and O–H groups in total. The van der Waals surface area contributed by atoms with Crippen molar-refractivity contribution in [3.8, 4) is 0 Å². The normalized spacial score (nSPS) is 58.7. The van der Waals surface area contributed by atoms with Crippen molar-refractivity contribution >= 4 is 0 Å². The Kier molecular flexibility index (Phi) is 9.90. The molecule has 6 unspecified atom stereocenters. The van der Waals surface area contributed by atoms with Gasteiger partial charge in [0.05, 0.1) is 48.8 Å². The van der Waals surface area contributed by atoms with E-state index in [1.54, 1.807) is 13.8 Å². The van der Waals surface area contributed by atoms with Crippen LogP contribution in [0.15, 0.2) is 0 Å². The summed E-state index contributed by atoms with van der Waals surface area (Å²) in [4.78, 5) is 0. The lowest BCUT2D eigenvalue weighted by molar-refractivity contribution is -0.339. The van der Waals surface area contributed by atoms with Crippen molar-refractivity contribution in [2.45, 2.75) is 197 Å². The zero-order chi connectivity index (χ0) is 40.1. The Morgan fingerprint density at radius 3 is 2.05 bits per heavy atom. The molecule has 21 atom stereocenters. The zero-order valence-corrected chi connectivity index (χ0v) is 33.6. The smallest absolute Gasteiger partial charge is 0.186 e. The molecular weight excluding hydrogens is 716 g/mol. The lowest BCUT2D eigenvalue weighted by Crippen LogP contribution is -2.65. The molecule has 8 rings (SSSR count). The van der Waals surface area contributed by atoms with Gasteiger partial charge in [-0.25, -0.2) is 0 Å². The van der Waals surface area contributed by atoms with Gasteiger partial charge in [0.25, 0.3) is 0 Å². The van der Waals surface area contributed by atoms with Crippen molar-refractivity contribution in [1.82, 2.24) is 0 Å². The average molecular weight is 785 g/mol. The molecule has 0 aromatic carbocycles. The summed E-state index contributed by atoms with van der Waals surface area (Å²) in [5.74, 6) is -0.215. The summed E-state index contributed by atoms with van der Waals surface area (Å²) in [5.41, 5.74) is -3.16. The van der Waals surface area contributed by atoms with Crippen LogP contribution >= 0.6 is 0 Å². The predicted octanol–water partition coefficient (Wildman–Crippen LogP) is 0.724. The first kappa shape index (κ1) is 41.2. The first-order chi connectivity index (χ1) is 25.5. The summed E-state index contributed by atoms with van der Waals surface area (Å²) >= 11 is 0. The molecule has 3 saturated heterocycles. The van der Waals surface area contributed by atoms with E-state index in [0.29, 0.717) is 25.7 Å². The van der Waals surface area contributed by atoms with Gasteiger partial charge in [-0.05, 0) is 117 Å². The van der Waals surface area contributed by atoms with Crippen LogP contribution in [0, 0.1) is 44.8 Å². The second kappa shape index (κ2) is 13.2. The van der Waals surface area contributed by atoms with Crippen molar-refractivity contribution in [2.24, 2.45) is 44.8 Å². The Morgan fingerprint density at radius 1 is 0.709 bits per heavy atom. The van der Waals surface area contributed by atoms with Gasteiger partial charge in [-0.1, -0.05) is 27.7 Å². The molecule has 3 aliphatic heterocycles. The van der Waals surface area contributed by atoms with Gasteiger partial charge in [0.1, 0.15) is 42.7 Å². The fourth-order valence-corrected chi connectivity index (χ4v) is 14.9. The lowest BCUT2D eigenvalue weighted by atomic mass is 9.41. The monoisotopic (exact) mass is 784 g/mol. The van der Waals surface area contributed by atoms with Gasteiger partial charge >= 0.3 is 0 Å².